The Balaban J connectivity index is 2.19. The van der Waals surface area contributed by atoms with Gasteiger partial charge in [0.25, 0.3) is 0 Å². The smallest absolute Gasteiger partial charge is 0.150 e. The lowest BCUT2D eigenvalue weighted by atomic mass is 10.2. The summed E-state index contributed by atoms with van der Waals surface area (Å²) in [7, 11) is 0. The minimum atomic E-state index is -0.765. The molecule has 1 aromatic heterocycles. The summed E-state index contributed by atoms with van der Waals surface area (Å²) in [6.45, 7) is 0. The standard InChI is InChI=1S/C19H11F2NO/c20-15-9-12(11-23)10-16(21)19(15)22-17-7-3-1-5-13(17)14-6-2-4-8-18(14)22/h1-11H. The molecule has 0 radical (unpaired) electrons. The zero-order valence-electron chi connectivity index (χ0n) is 12.0. The second-order valence-corrected chi connectivity index (χ2v) is 5.32. The Labute approximate surface area is 130 Å². The molecule has 4 heteroatoms. The number of fused-ring (bicyclic) bond motifs is 3. The van der Waals surface area contributed by atoms with Gasteiger partial charge < -0.3 is 4.57 Å². The summed E-state index contributed by atoms with van der Waals surface area (Å²) in [6.07, 6.45) is 0.432. The lowest BCUT2D eigenvalue weighted by Gasteiger charge is -2.10. The van der Waals surface area contributed by atoms with Gasteiger partial charge in [0.05, 0.1) is 11.0 Å². The van der Waals surface area contributed by atoms with E-state index in [1.165, 1.54) is 0 Å². The van der Waals surface area contributed by atoms with E-state index in [0.29, 0.717) is 17.3 Å². The molecule has 0 N–H and O–H groups in total. The molecule has 112 valence electrons. The highest BCUT2D eigenvalue weighted by atomic mass is 19.1. The van der Waals surface area contributed by atoms with Gasteiger partial charge in [-0.2, -0.15) is 0 Å². The first-order valence-electron chi connectivity index (χ1n) is 7.13. The van der Waals surface area contributed by atoms with E-state index in [0.717, 1.165) is 22.9 Å². The Kier molecular flexibility index (Phi) is 2.98. The van der Waals surface area contributed by atoms with Crippen LogP contribution in [0, 0.1) is 11.6 Å². The van der Waals surface area contributed by atoms with Crippen LogP contribution in [0.2, 0.25) is 0 Å². The molecule has 0 fully saturated rings. The quantitative estimate of drug-likeness (QED) is 0.484. The monoisotopic (exact) mass is 307 g/mol. The van der Waals surface area contributed by atoms with E-state index >= 15 is 0 Å². The minimum Gasteiger partial charge on any atom is -0.304 e. The SMILES string of the molecule is O=Cc1cc(F)c(-n2c3ccccc3c3ccccc32)c(F)c1. The number of carbonyl (C=O) groups excluding carboxylic acids is 1. The van der Waals surface area contributed by atoms with E-state index in [2.05, 4.69) is 0 Å². The number of rotatable bonds is 2. The predicted molar refractivity (Wildman–Crippen MR) is 86.1 cm³/mol. The van der Waals surface area contributed by atoms with Gasteiger partial charge in [-0.3, -0.25) is 4.79 Å². The van der Waals surface area contributed by atoms with Crippen molar-refractivity contribution in [1.82, 2.24) is 4.57 Å². The summed E-state index contributed by atoms with van der Waals surface area (Å²) in [4.78, 5) is 10.8. The molecular weight excluding hydrogens is 296 g/mol. The molecule has 4 aromatic rings. The van der Waals surface area contributed by atoms with Crippen LogP contribution in [0.4, 0.5) is 8.78 Å². The molecule has 0 aliphatic carbocycles. The first-order chi connectivity index (χ1) is 11.2. The van der Waals surface area contributed by atoms with Gasteiger partial charge >= 0.3 is 0 Å². The van der Waals surface area contributed by atoms with Gasteiger partial charge in [-0.05, 0) is 24.3 Å². The first-order valence-corrected chi connectivity index (χ1v) is 7.13. The third kappa shape index (κ3) is 1.95. The van der Waals surface area contributed by atoms with Gasteiger partial charge in [0.2, 0.25) is 0 Å². The number of carbonyl (C=O) groups is 1. The highest BCUT2D eigenvalue weighted by molar-refractivity contribution is 6.09. The third-order valence-electron chi connectivity index (χ3n) is 3.98. The van der Waals surface area contributed by atoms with Crippen molar-refractivity contribution >= 4 is 28.1 Å². The Morgan fingerprint density at radius 2 is 1.26 bits per heavy atom. The Morgan fingerprint density at radius 1 is 0.783 bits per heavy atom. The van der Waals surface area contributed by atoms with Crippen molar-refractivity contribution in [1.29, 1.82) is 0 Å². The molecule has 0 aliphatic rings. The molecule has 3 aromatic carbocycles. The highest BCUT2D eigenvalue weighted by Crippen LogP contribution is 2.33. The Hall–Kier alpha value is -3.01. The van der Waals surface area contributed by atoms with Crippen LogP contribution < -0.4 is 0 Å². The van der Waals surface area contributed by atoms with Crippen molar-refractivity contribution in [2.45, 2.75) is 0 Å². The molecule has 0 atom stereocenters. The van der Waals surface area contributed by atoms with E-state index in [1.54, 1.807) is 4.57 Å². The van der Waals surface area contributed by atoms with Crippen LogP contribution in [0.3, 0.4) is 0 Å². The van der Waals surface area contributed by atoms with Gasteiger partial charge in [-0.1, -0.05) is 36.4 Å². The Morgan fingerprint density at radius 3 is 1.74 bits per heavy atom. The van der Waals surface area contributed by atoms with Crippen molar-refractivity contribution in [3.8, 4) is 5.69 Å². The van der Waals surface area contributed by atoms with Crippen molar-refractivity contribution in [2.75, 3.05) is 0 Å². The fourth-order valence-corrected chi connectivity index (χ4v) is 3.03. The summed E-state index contributed by atoms with van der Waals surface area (Å²) < 4.78 is 30.6. The van der Waals surface area contributed by atoms with Gasteiger partial charge in [-0.25, -0.2) is 8.78 Å². The summed E-state index contributed by atoms with van der Waals surface area (Å²) in [5.74, 6) is -1.53. The summed E-state index contributed by atoms with van der Waals surface area (Å²) in [5.41, 5.74) is 1.23. The van der Waals surface area contributed by atoms with Crippen molar-refractivity contribution < 1.29 is 13.6 Å². The number of nitrogens with zero attached hydrogens (tertiary/aromatic N) is 1. The highest BCUT2D eigenvalue weighted by Gasteiger charge is 2.18. The van der Waals surface area contributed by atoms with Crippen LogP contribution in [-0.2, 0) is 0 Å². The van der Waals surface area contributed by atoms with Crippen LogP contribution in [0.1, 0.15) is 10.4 Å². The zero-order valence-corrected chi connectivity index (χ0v) is 12.0. The molecule has 0 bridgehead atoms. The number of hydrogen-bond acceptors (Lipinski definition) is 1. The normalized spacial score (nSPS) is 11.2. The van der Waals surface area contributed by atoms with Crippen molar-refractivity contribution in [3.63, 3.8) is 0 Å². The third-order valence-corrected chi connectivity index (χ3v) is 3.98. The molecule has 0 unspecified atom stereocenters. The van der Waals surface area contributed by atoms with Gasteiger partial charge in [-0.15, -0.1) is 0 Å². The van der Waals surface area contributed by atoms with Crippen molar-refractivity contribution in [3.05, 3.63) is 77.9 Å². The van der Waals surface area contributed by atoms with Crippen LogP contribution in [0.25, 0.3) is 27.5 Å². The molecule has 0 spiro atoms. The van der Waals surface area contributed by atoms with Crippen LogP contribution in [-0.4, -0.2) is 10.9 Å². The van der Waals surface area contributed by atoms with Crippen molar-refractivity contribution in [2.24, 2.45) is 0 Å². The number of benzene rings is 3. The number of halogens is 2. The zero-order chi connectivity index (χ0) is 16.0. The maximum absolute atomic E-state index is 14.5. The topological polar surface area (TPSA) is 22.0 Å². The second kappa shape index (κ2) is 5.02. The molecule has 0 amide bonds. The average molecular weight is 307 g/mol. The van der Waals surface area contributed by atoms with E-state index in [-0.39, 0.29) is 11.3 Å². The van der Waals surface area contributed by atoms with Crippen LogP contribution in [0.5, 0.6) is 0 Å². The molecule has 1 heterocycles. The van der Waals surface area contributed by atoms with Crippen LogP contribution >= 0.6 is 0 Å². The fraction of sp³-hybridized carbons (Fsp3) is 0. The second-order valence-electron chi connectivity index (χ2n) is 5.32. The van der Waals surface area contributed by atoms with Crippen LogP contribution in [0.15, 0.2) is 60.7 Å². The molecule has 23 heavy (non-hydrogen) atoms. The molecule has 0 aliphatic heterocycles. The van der Waals surface area contributed by atoms with E-state index in [1.807, 2.05) is 48.5 Å². The van der Waals surface area contributed by atoms with Gasteiger partial charge in [0, 0.05) is 16.3 Å². The maximum atomic E-state index is 14.5. The molecular formula is C19H11F2NO. The van der Waals surface area contributed by atoms with Gasteiger partial charge in [0.15, 0.2) is 11.6 Å². The number of hydrogen-bond donors (Lipinski definition) is 0. The predicted octanol–water partition coefficient (Wildman–Crippen LogP) is 4.87. The maximum Gasteiger partial charge on any atom is 0.150 e. The number of para-hydroxylation sites is 2. The number of aromatic nitrogens is 1. The average Bonchev–Trinajstić information content (AvgIpc) is 2.89. The summed E-state index contributed by atoms with van der Waals surface area (Å²) in [5, 5.41) is 1.84. The first kappa shape index (κ1) is 13.6. The largest absolute Gasteiger partial charge is 0.304 e. The Bertz CT molecular complexity index is 989. The molecule has 0 saturated heterocycles. The van der Waals surface area contributed by atoms with Gasteiger partial charge in [0.1, 0.15) is 12.0 Å². The number of aldehydes is 1. The summed E-state index contributed by atoms with van der Waals surface area (Å²) >= 11 is 0. The fourth-order valence-electron chi connectivity index (χ4n) is 3.03. The van der Waals surface area contributed by atoms with E-state index in [4.69, 9.17) is 0 Å². The van der Waals surface area contributed by atoms with E-state index < -0.39 is 11.6 Å². The summed E-state index contributed by atoms with van der Waals surface area (Å²) in [6, 6.07) is 17.0. The lowest BCUT2D eigenvalue weighted by Crippen LogP contribution is -2.02. The molecule has 4 rings (SSSR count). The lowest BCUT2D eigenvalue weighted by molar-refractivity contribution is 0.112. The molecule has 0 saturated carbocycles. The van der Waals surface area contributed by atoms with E-state index in [9.17, 15) is 13.6 Å². The minimum absolute atomic E-state index is 0.0236. The molecule has 2 nitrogen and oxygen atoms in total.